The molecule has 2 aliphatic rings. The van der Waals surface area contributed by atoms with Gasteiger partial charge in [0.25, 0.3) is 5.91 Å². The fraction of sp³-hybridized carbons (Fsp3) is 0.667. The summed E-state index contributed by atoms with van der Waals surface area (Å²) in [4.78, 5) is 42.7. The molecule has 1 saturated heterocycles. The lowest BCUT2D eigenvalue weighted by Crippen LogP contribution is -2.50. The minimum Gasteiger partial charge on any atom is -0.491 e. The number of urea groups is 1. The lowest BCUT2D eigenvalue weighted by molar-refractivity contribution is -0.142. The number of carbonyl (C=O) groups excluding carboxylic acids is 3. The molecule has 0 spiro atoms. The Bertz CT molecular complexity index is 935. The first-order valence-electron chi connectivity index (χ1n) is 13.2. The number of hydrogen-bond acceptors (Lipinski definition) is 6. The molecule has 0 saturated carbocycles. The summed E-state index contributed by atoms with van der Waals surface area (Å²) in [5.41, 5.74) is 0.833. The summed E-state index contributed by atoms with van der Waals surface area (Å²) in [6.45, 7) is 8.81. The molecule has 2 heterocycles. The number of rotatable bonds is 5. The number of methoxy groups -OCH3 is 1. The molecule has 1 aromatic rings. The first-order valence-corrected chi connectivity index (χ1v) is 13.2. The Morgan fingerprint density at radius 3 is 2.57 bits per heavy atom. The molecule has 0 aliphatic carbocycles. The van der Waals surface area contributed by atoms with Gasteiger partial charge in [0.05, 0.1) is 17.7 Å². The molecule has 0 radical (unpaired) electrons. The molecule has 10 heteroatoms. The molecule has 0 unspecified atom stereocenters. The highest BCUT2D eigenvalue weighted by atomic mass is 16.5. The smallest absolute Gasteiger partial charge is 0.319 e. The maximum absolute atomic E-state index is 13.6. The molecule has 3 atom stereocenters. The lowest BCUT2D eigenvalue weighted by Gasteiger charge is -2.38. The van der Waals surface area contributed by atoms with Crippen molar-refractivity contribution in [3.8, 4) is 5.75 Å². The number of ether oxygens (including phenoxy) is 3. The van der Waals surface area contributed by atoms with Crippen LogP contribution in [0.25, 0.3) is 0 Å². The highest BCUT2D eigenvalue weighted by Gasteiger charge is 2.33. The van der Waals surface area contributed by atoms with Crippen LogP contribution in [-0.2, 0) is 14.3 Å². The van der Waals surface area contributed by atoms with Crippen molar-refractivity contribution < 1.29 is 28.6 Å². The van der Waals surface area contributed by atoms with E-state index >= 15 is 0 Å². The van der Waals surface area contributed by atoms with Crippen LogP contribution >= 0.6 is 0 Å². The van der Waals surface area contributed by atoms with Crippen LogP contribution in [0.1, 0.15) is 50.4 Å². The molecule has 1 aromatic carbocycles. The summed E-state index contributed by atoms with van der Waals surface area (Å²) in [6.07, 6.45) is 1.98. The number of nitrogens with one attached hydrogen (secondary N) is 2. The second kappa shape index (κ2) is 13.6. The molecule has 206 valence electrons. The molecule has 3 rings (SSSR count). The van der Waals surface area contributed by atoms with E-state index in [9.17, 15) is 14.4 Å². The zero-order valence-electron chi connectivity index (χ0n) is 22.7. The summed E-state index contributed by atoms with van der Waals surface area (Å²) in [5.74, 6) is 0.205. The number of amides is 4. The fourth-order valence-corrected chi connectivity index (χ4v) is 4.75. The molecule has 1 fully saturated rings. The second-order valence-corrected chi connectivity index (χ2v) is 10.1. The van der Waals surface area contributed by atoms with Crippen LogP contribution in [0, 0.1) is 11.8 Å². The van der Waals surface area contributed by atoms with Crippen molar-refractivity contribution in [1.82, 2.24) is 15.1 Å². The van der Waals surface area contributed by atoms with E-state index in [4.69, 9.17) is 14.2 Å². The van der Waals surface area contributed by atoms with Crippen LogP contribution in [0.5, 0.6) is 5.75 Å². The van der Waals surface area contributed by atoms with Crippen molar-refractivity contribution in [1.29, 1.82) is 0 Å². The van der Waals surface area contributed by atoms with Crippen LogP contribution in [0.4, 0.5) is 10.5 Å². The number of hydrogen-bond donors (Lipinski definition) is 2. The molecule has 37 heavy (non-hydrogen) atoms. The number of benzene rings is 1. The molecule has 2 aliphatic heterocycles. The Hall–Kier alpha value is -2.85. The van der Waals surface area contributed by atoms with E-state index in [1.807, 2.05) is 25.7 Å². The van der Waals surface area contributed by atoms with Gasteiger partial charge in [-0.15, -0.1) is 0 Å². The number of anilines is 1. The van der Waals surface area contributed by atoms with Crippen LogP contribution in [-0.4, -0.2) is 93.4 Å². The summed E-state index contributed by atoms with van der Waals surface area (Å²) in [5, 5.41) is 5.54. The van der Waals surface area contributed by atoms with E-state index in [2.05, 4.69) is 10.6 Å². The zero-order valence-corrected chi connectivity index (χ0v) is 22.7. The molecule has 10 nitrogen and oxygen atoms in total. The largest absolute Gasteiger partial charge is 0.491 e. The van der Waals surface area contributed by atoms with E-state index < -0.39 is 0 Å². The minimum atomic E-state index is -0.333. The van der Waals surface area contributed by atoms with Crippen LogP contribution in [0.2, 0.25) is 0 Å². The van der Waals surface area contributed by atoms with Gasteiger partial charge in [-0.1, -0.05) is 13.8 Å². The van der Waals surface area contributed by atoms with Crippen LogP contribution in [0.3, 0.4) is 0 Å². The Morgan fingerprint density at radius 1 is 1.16 bits per heavy atom. The van der Waals surface area contributed by atoms with E-state index in [0.717, 1.165) is 6.42 Å². The van der Waals surface area contributed by atoms with Crippen molar-refractivity contribution >= 4 is 23.5 Å². The lowest BCUT2D eigenvalue weighted by atomic mass is 9.95. The topological polar surface area (TPSA) is 109 Å². The summed E-state index contributed by atoms with van der Waals surface area (Å²) in [7, 11) is 3.35. The maximum Gasteiger partial charge on any atom is 0.319 e. The van der Waals surface area contributed by atoms with Crippen molar-refractivity contribution in [2.24, 2.45) is 11.8 Å². The Labute approximate surface area is 220 Å². The van der Waals surface area contributed by atoms with E-state index in [1.165, 1.54) is 0 Å². The molecule has 0 aromatic heterocycles. The third kappa shape index (κ3) is 7.58. The first kappa shape index (κ1) is 28.7. The molecular formula is C27H42N4O6. The minimum absolute atomic E-state index is 0.0133. The molecule has 2 N–H and O–H groups in total. The van der Waals surface area contributed by atoms with Gasteiger partial charge in [-0.05, 0) is 44.4 Å². The number of fused-ring (bicyclic) bond motifs is 1. The van der Waals surface area contributed by atoms with Gasteiger partial charge < -0.3 is 34.6 Å². The fourth-order valence-electron chi connectivity index (χ4n) is 4.75. The average molecular weight is 519 g/mol. The standard InChI is InChI=1S/C27H42N4O6/c1-6-11-28-27(34)29-21-7-8-23-22(14-21)26(33)30(4)16-24(35-5)18(2)15-31(19(3)17-37-23)25(32)20-9-12-36-13-10-20/h7-8,14,18-20,24H,6,9-13,15-17H2,1-5H3,(H2,28,29,34)/t18-,19+,24+/m1/s1. The van der Waals surface area contributed by atoms with Crippen molar-refractivity contribution in [2.45, 2.75) is 52.2 Å². The predicted molar refractivity (Wildman–Crippen MR) is 141 cm³/mol. The van der Waals surface area contributed by atoms with Crippen molar-refractivity contribution in [2.75, 3.05) is 58.9 Å². The summed E-state index contributed by atoms with van der Waals surface area (Å²) in [6, 6.07) is 4.48. The van der Waals surface area contributed by atoms with E-state index in [1.54, 1.807) is 37.3 Å². The highest BCUT2D eigenvalue weighted by molar-refractivity contribution is 5.99. The van der Waals surface area contributed by atoms with Crippen LogP contribution in [0.15, 0.2) is 18.2 Å². The Kier molecular flexibility index (Phi) is 10.6. The Morgan fingerprint density at radius 2 is 1.89 bits per heavy atom. The summed E-state index contributed by atoms with van der Waals surface area (Å²) < 4.78 is 17.4. The number of likely N-dealkylation sites (N-methyl/N-ethyl adjacent to an activating group) is 1. The van der Waals surface area contributed by atoms with Gasteiger partial charge in [0.1, 0.15) is 12.4 Å². The SMILES string of the molecule is CCCNC(=O)Nc1ccc2c(c1)C(=O)N(C)C[C@H](OC)[C@H](C)CN(C(=O)C1CCOCC1)[C@@H](C)CO2. The highest BCUT2D eigenvalue weighted by Crippen LogP contribution is 2.27. The van der Waals surface area contributed by atoms with E-state index in [0.29, 0.717) is 62.7 Å². The van der Waals surface area contributed by atoms with Crippen molar-refractivity contribution in [3.63, 3.8) is 0 Å². The summed E-state index contributed by atoms with van der Waals surface area (Å²) >= 11 is 0. The van der Waals surface area contributed by atoms with Gasteiger partial charge >= 0.3 is 6.03 Å². The van der Waals surface area contributed by atoms with Gasteiger partial charge in [-0.3, -0.25) is 9.59 Å². The predicted octanol–water partition coefficient (Wildman–Crippen LogP) is 2.98. The molecular weight excluding hydrogens is 476 g/mol. The average Bonchev–Trinajstić information content (AvgIpc) is 2.91. The first-order chi connectivity index (χ1) is 17.7. The maximum atomic E-state index is 13.6. The van der Waals surface area contributed by atoms with Gasteiger partial charge in [0, 0.05) is 64.5 Å². The number of carbonyl (C=O) groups is 3. The second-order valence-electron chi connectivity index (χ2n) is 10.1. The molecule has 0 bridgehead atoms. The number of nitrogens with zero attached hydrogens (tertiary/aromatic N) is 2. The van der Waals surface area contributed by atoms with E-state index in [-0.39, 0.29) is 48.4 Å². The van der Waals surface area contributed by atoms with Gasteiger partial charge in [-0.25, -0.2) is 4.79 Å². The van der Waals surface area contributed by atoms with Crippen LogP contribution < -0.4 is 15.4 Å². The Balaban J connectivity index is 1.90. The van der Waals surface area contributed by atoms with Crippen molar-refractivity contribution in [3.05, 3.63) is 23.8 Å². The van der Waals surface area contributed by atoms with Gasteiger partial charge in [-0.2, -0.15) is 0 Å². The zero-order chi connectivity index (χ0) is 26.9. The monoisotopic (exact) mass is 518 g/mol. The third-order valence-corrected chi connectivity index (χ3v) is 7.09. The van der Waals surface area contributed by atoms with Gasteiger partial charge in [0.15, 0.2) is 0 Å². The molecule has 4 amide bonds. The third-order valence-electron chi connectivity index (χ3n) is 7.09. The van der Waals surface area contributed by atoms with Gasteiger partial charge in [0.2, 0.25) is 5.91 Å². The quantitative estimate of drug-likeness (QED) is 0.620. The normalized spacial score (nSPS) is 23.8.